The lowest BCUT2D eigenvalue weighted by molar-refractivity contribution is -0.138. The zero-order valence-electron chi connectivity index (χ0n) is 24.8. The quantitative estimate of drug-likeness (QED) is 0.147. The van der Waals surface area contributed by atoms with Gasteiger partial charge in [0.15, 0.2) is 0 Å². The van der Waals surface area contributed by atoms with Crippen molar-refractivity contribution in [2.45, 2.75) is 62.1 Å². The van der Waals surface area contributed by atoms with Crippen LogP contribution in [0.15, 0.2) is 66.9 Å². The number of aromatic nitrogens is 1. The smallest absolute Gasteiger partial charge is 0.250 e. The minimum atomic E-state index is -1.34. The largest absolute Gasteiger partial charge is 0.383 e. The van der Waals surface area contributed by atoms with Gasteiger partial charge in [-0.15, -0.1) is 0 Å². The summed E-state index contributed by atoms with van der Waals surface area (Å²) in [5.74, 6) is -1.98. The van der Waals surface area contributed by atoms with Crippen LogP contribution < -0.4 is 27.0 Å². The second kappa shape index (κ2) is 14.6. The van der Waals surface area contributed by atoms with Gasteiger partial charge in [0.05, 0.1) is 23.4 Å². The number of rotatable bonds is 11. The summed E-state index contributed by atoms with van der Waals surface area (Å²) in [4.78, 5) is 58.2. The highest BCUT2D eigenvalue weighted by Crippen LogP contribution is 2.24. The van der Waals surface area contributed by atoms with Crippen molar-refractivity contribution in [3.8, 4) is 0 Å². The SMILES string of the molecule is NCC(O)C(=O)NC1CNC(C(=O)N2CC(NC(=O)C(O)CCc3ccccc3)CC2C(=O)Nc2cnc3ccccc3c2)C1. The highest BCUT2D eigenvalue weighted by molar-refractivity contribution is 5.99. The van der Waals surface area contributed by atoms with Crippen LogP contribution in [0.4, 0.5) is 5.69 Å². The lowest BCUT2D eigenvalue weighted by Gasteiger charge is -2.26. The topological polar surface area (TPSA) is 199 Å². The van der Waals surface area contributed by atoms with Crippen LogP contribution in [-0.4, -0.2) is 99.7 Å². The molecule has 45 heavy (non-hydrogen) atoms. The van der Waals surface area contributed by atoms with Gasteiger partial charge in [-0.2, -0.15) is 0 Å². The number of nitrogens with two attached hydrogens (primary N) is 1. The number of benzene rings is 2. The van der Waals surface area contributed by atoms with Gasteiger partial charge in [0, 0.05) is 37.1 Å². The molecule has 1 aromatic heterocycles. The van der Waals surface area contributed by atoms with Gasteiger partial charge in [-0.25, -0.2) is 0 Å². The highest BCUT2D eigenvalue weighted by Gasteiger charge is 2.44. The maximum Gasteiger partial charge on any atom is 0.250 e. The number of anilines is 1. The van der Waals surface area contributed by atoms with Crippen molar-refractivity contribution >= 4 is 40.2 Å². The number of aliphatic hydroxyl groups is 2. The van der Waals surface area contributed by atoms with Crippen molar-refractivity contribution in [3.63, 3.8) is 0 Å². The summed E-state index contributed by atoms with van der Waals surface area (Å²) in [6, 6.07) is 16.2. The number of aryl methyl sites for hydroxylation is 1. The summed E-state index contributed by atoms with van der Waals surface area (Å²) in [5.41, 5.74) is 7.61. The van der Waals surface area contributed by atoms with E-state index in [1.165, 1.54) is 4.90 Å². The Bertz CT molecular complexity index is 1520. The molecule has 4 amide bonds. The molecule has 238 valence electrons. The minimum absolute atomic E-state index is 0.0606. The van der Waals surface area contributed by atoms with E-state index < -0.39 is 54.1 Å². The molecule has 0 spiro atoms. The first-order valence-corrected chi connectivity index (χ1v) is 15.1. The van der Waals surface area contributed by atoms with Crippen LogP contribution in [0.5, 0.6) is 0 Å². The van der Waals surface area contributed by atoms with Gasteiger partial charge in [-0.05, 0) is 43.4 Å². The van der Waals surface area contributed by atoms with Gasteiger partial charge in [-0.3, -0.25) is 24.2 Å². The first-order chi connectivity index (χ1) is 21.7. The van der Waals surface area contributed by atoms with Crippen LogP contribution in [0.3, 0.4) is 0 Å². The summed E-state index contributed by atoms with van der Waals surface area (Å²) in [7, 11) is 0. The second-order valence-electron chi connectivity index (χ2n) is 11.5. The van der Waals surface area contributed by atoms with Crippen LogP contribution in [-0.2, 0) is 25.6 Å². The predicted octanol–water partition coefficient (Wildman–Crippen LogP) is -0.581. The van der Waals surface area contributed by atoms with Gasteiger partial charge in [0.25, 0.3) is 0 Å². The van der Waals surface area contributed by atoms with Gasteiger partial charge >= 0.3 is 0 Å². The molecule has 0 bridgehead atoms. The molecule has 13 nitrogen and oxygen atoms in total. The van der Waals surface area contributed by atoms with E-state index in [2.05, 4.69) is 26.3 Å². The van der Waals surface area contributed by atoms with Crippen molar-refractivity contribution in [1.29, 1.82) is 0 Å². The van der Waals surface area contributed by atoms with Crippen molar-refractivity contribution in [1.82, 2.24) is 25.8 Å². The van der Waals surface area contributed by atoms with Crippen molar-refractivity contribution in [2.75, 3.05) is 25.0 Å². The van der Waals surface area contributed by atoms with Gasteiger partial charge in [0.2, 0.25) is 23.6 Å². The number of pyridine rings is 1. The molecule has 0 aliphatic carbocycles. The molecule has 3 heterocycles. The van der Waals surface area contributed by atoms with E-state index >= 15 is 0 Å². The van der Waals surface area contributed by atoms with Crippen LogP contribution in [0.25, 0.3) is 10.9 Å². The standard InChI is InChI=1S/C32H39N7O6/c33-15-28(41)31(44)37-22-13-25(35-17-22)32(45)39-18-23(38-30(43)27(40)11-10-19-6-2-1-3-7-19)14-26(39)29(42)36-21-12-20-8-4-5-9-24(20)34-16-21/h1-9,12,16,22-23,25-28,35,40-41H,10-11,13-15,17-18,33H2,(H,36,42)(H,37,44)(H,38,43). The number of fused-ring (bicyclic) bond motifs is 1. The fourth-order valence-corrected chi connectivity index (χ4v) is 5.81. The summed E-state index contributed by atoms with van der Waals surface area (Å²) >= 11 is 0. The van der Waals surface area contributed by atoms with Crippen molar-refractivity contribution < 1.29 is 29.4 Å². The average Bonchev–Trinajstić information content (AvgIpc) is 3.70. The Morgan fingerprint density at radius 3 is 2.44 bits per heavy atom. The highest BCUT2D eigenvalue weighted by atomic mass is 16.3. The third kappa shape index (κ3) is 8.00. The Morgan fingerprint density at radius 2 is 1.67 bits per heavy atom. The Hall–Kier alpha value is -4.43. The third-order valence-electron chi connectivity index (χ3n) is 8.24. The second-order valence-corrected chi connectivity index (χ2v) is 11.5. The third-order valence-corrected chi connectivity index (χ3v) is 8.24. The molecule has 0 radical (unpaired) electrons. The van der Waals surface area contributed by atoms with Gasteiger partial charge < -0.3 is 42.1 Å². The molecule has 2 aliphatic heterocycles. The molecule has 3 aromatic rings. The van der Waals surface area contributed by atoms with Crippen LogP contribution in [0.1, 0.15) is 24.8 Å². The molecule has 0 saturated carbocycles. The van der Waals surface area contributed by atoms with E-state index in [-0.39, 0.29) is 38.3 Å². The first-order valence-electron chi connectivity index (χ1n) is 15.1. The number of aliphatic hydroxyl groups excluding tert-OH is 2. The lowest BCUT2D eigenvalue weighted by atomic mass is 10.1. The van der Waals surface area contributed by atoms with E-state index in [4.69, 9.17) is 5.73 Å². The average molecular weight is 618 g/mol. The molecule has 2 saturated heterocycles. The number of carbonyl (C=O) groups is 4. The number of hydrogen-bond donors (Lipinski definition) is 7. The Labute approximate surface area is 260 Å². The van der Waals surface area contributed by atoms with Gasteiger partial charge in [0.1, 0.15) is 18.2 Å². The van der Waals surface area contributed by atoms with Crippen LogP contribution in [0.2, 0.25) is 0 Å². The monoisotopic (exact) mass is 617 g/mol. The normalized spacial score (nSPS) is 22.5. The summed E-state index contributed by atoms with van der Waals surface area (Å²) in [6.07, 6.45) is 0.0805. The number of hydrogen-bond acceptors (Lipinski definition) is 9. The van der Waals surface area contributed by atoms with E-state index in [0.717, 1.165) is 16.5 Å². The van der Waals surface area contributed by atoms with E-state index in [1.54, 1.807) is 12.3 Å². The molecular weight excluding hydrogens is 578 g/mol. The van der Waals surface area contributed by atoms with E-state index in [9.17, 15) is 29.4 Å². The maximum absolute atomic E-state index is 13.8. The van der Waals surface area contributed by atoms with Gasteiger partial charge in [-0.1, -0.05) is 48.5 Å². The number of nitrogens with zero attached hydrogens (tertiary/aromatic N) is 2. The van der Waals surface area contributed by atoms with Crippen LogP contribution in [0, 0.1) is 0 Å². The Kier molecular flexibility index (Phi) is 10.4. The summed E-state index contributed by atoms with van der Waals surface area (Å²) in [5, 5.41) is 32.6. The number of amides is 4. The molecule has 2 aromatic carbocycles. The molecule has 5 rings (SSSR count). The van der Waals surface area contributed by atoms with Crippen molar-refractivity contribution in [3.05, 3.63) is 72.4 Å². The minimum Gasteiger partial charge on any atom is -0.383 e. The molecule has 6 atom stereocenters. The summed E-state index contributed by atoms with van der Waals surface area (Å²) < 4.78 is 0. The number of likely N-dealkylation sites (tertiary alicyclic amines) is 1. The number of carbonyl (C=O) groups excluding carboxylic acids is 4. The Morgan fingerprint density at radius 1 is 0.956 bits per heavy atom. The van der Waals surface area contributed by atoms with Crippen molar-refractivity contribution in [2.24, 2.45) is 5.73 Å². The van der Waals surface area contributed by atoms with Crippen LogP contribution >= 0.6 is 0 Å². The summed E-state index contributed by atoms with van der Waals surface area (Å²) in [6.45, 7) is 0.130. The zero-order valence-corrected chi connectivity index (χ0v) is 24.8. The fourth-order valence-electron chi connectivity index (χ4n) is 5.81. The molecule has 2 fully saturated rings. The fraction of sp³-hybridized carbons (Fsp3) is 0.406. The number of para-hydroxylation sites is 1. The molecule has 2 aliphatic rings. The maximum atomic E-state index is 13.8. The molecule has 13 heteroatoms. The number of nitrogens with one attached hydrogen (secondary N) is 4. The van der Waals surface area contributed by atoms with E-state index in [1.807, 2.05) is 54.6 Å². The lowest BCUT2D eigenvalue weighted by Crippen LogP contribution is -2.50. The predicted molar refractivity (Wildman–Crippen MR) is 167 cm³/mol. The van der Waals surface area contributed by atoms with E-state index in [0.29, 0.717) is 18.7 Å². The molecule has 8 N–H and O–H groups in total. The molecule has 6 unspecified atom stereocenters. The molecular formula is C32H39N7O6. The zero-order chi connectivity index (χ0) is 31.9. The Balaban J connectivity index is 1.26. The first kappa shape index (κ1) is 32.0.